The number of rotatable bonds is 4. The Hall–Kier alpha value is -3.07. The summed E-state index contributed by atoms with van der Waals surface area (Å²) in [4.78, 5) is 18.8. The normalized spacial score (nSPS) is 14.9. The fourth-order valence-electron chi connectivity index (χ4n) is 4.05. The molecule has 0 spiro atoms. The number of fused-ring (bicyclic) bond motifs is 1. The van der Waals surface area contributed by atoms with Crippen molar-refractivity contribution in [3.63, 3.8) is 0 Å². The van der Waals surface area contributed by atoms with E-state index < -0.39 is 17.6 Å². The van der Waals surface area contributed by atoms with Crippen molar-refractivity contribution in [2.24, 2.45) is 5.73 Å². The number of morpholine rings is 1. The number of aromatic nitrogens is 2. The Morgan fingerprint density at radius 3 is 2.55 bits per heavy atom. The summed E-state index contributed by atoms with van der Waals surface area (Å²) in [5.74, 6) is -0.00607. The molecule has 0 atom stereocenters. The van der Waals surface area contributed by atoms with Crippen molar-refractivity contribution in [1.82, 2.24) is 9.55 Å². The van der Waals surface area contributed by atoms with Crippen molar-refractivity contribution in [3.05, 3.63) is 58.4 Å². The highest BCUT2D eigenvalue weighted by molar-refractivity contribution is 6.05. The van der Waals surface area contributed by atoms with Crippen molar-refractivity contribution in [2.75, 3.05) is 31.2 Å². The molecule has 1 amide bonds. The molecule has 1 aliphatic rings. The van der Waals surface area contributed by atoms with Crippen LogP contribution in [0.15, 0.2) is 30.3 Å². The molecule has 0 unspecified atom stereocenters. The minimum absolute atomic E-state index is 0.177. The number of hydrogen-bond acceptors (Lipinski definition) is 4. The van der Waals surface area contributed by atoms with Crippen molar-refractivity contribution >= 4 is 22.6 Å². The highest BCUT2D eigenvalue weighted by Gasteiger charge is 2.33. The third-order valence-electron chi connectivity index (χ3n) is 5.75. The summed E-state index contributed by atoms with van der Waals surface area (Å²) >= 11 is 0. The Balaban J connectivity index is 1.84. The van der Waals surface area contributed by atoms with Gasteiger partial charge >= 0.3 is 6.18 Å². The molecule has 6 nitrogen and oxygen atoms in total. The number of carbonyl (C=O) groups is 1. The number of amides is 1. The molecule has 164 valence electrons. The number of benzene rings is 2. The quantitative estimate of drug-likeness (QED) is 0.683. The number of nitrogens with zero attached hydrogens (tertiary/aromatic N) is 3. The van der Waals surface area contributed by atoms with Crippen LogP contribution in [0.3, 0.4) is 0 Å². The molecule has 2 aromatic carbocycles. The number of halogens is 3. The van der Waals surface area contributed by atoms with Gasteiger partial charge in [0.2, 0.25) is 0 Å². The molecule has 31 heavy (non-hydrogen) atoms. The van der Waals surface area contributed by atoms with E-state index in [1.165, 1.54) is 13.0 Å². The highest BCUT2D eigenvalue weighted by atomic mass is 19.4. The molecule has 1 aromatic heterocycles. The van der Waals surface area contributed by atoms with Crippen LogP contribution >= 0.6 is 0 Å². The van der Waals surface area contributed by atoms with Gasteiger partial charge in [0.1, 0.15) is 11.3 Å². The molecular formula is C22H23F3N4O2. The molecule has 3 aromatic rings. The minimum Gasteiger partial charge on any atom is -0.378 e. The largest absolute Gasteiger partial charge is 0.416 e. The summed E-state index contributed by atoms with van der Waals surface area (Å²) in [6.07, 6.45) is -4.42. The second kappa shape index (κ2) is 7.88. The van der Waals surface area contributed by atoms with E-state index in [4.69, 9.17) is 10.5 Å². The predicted octanol–water partition coefficient (Wildman–Crippen LogP) is 3.66. The zero-order valence-electron chi connectivity index (χ0n) is 17.3. The summed E-state index contributed by atoms with van der Waals surface area (Å²) in [7, 11) is 0. The molecule has 0 radical (unpaired) electrons. The Bertz CT molecular complexity index is 1150. The number of carbonyl (C=O) groups excluding carboxylic acids is 1. The Morgan fingerprint density at radius 1 is 1.19 bits per heavy atom. The summed E-state index contributed by atoms with van der Waals surface area (Å²) in [5.41, 5.74) is 7.90. The van der Waals surface area contributed by atoms with Crippen molar-refractivity contribution in [2.45, 2.75) is 26.6 Å². The molecule has 1 aliphatic heterocycles. The van der Waals surface area contributed by atoms with Gasteiger partial charge in [0.05, 0.1) is 29.9 Å². The van der Waals surface area contributed by atoms with Crippen LogP contribution in [0, 0.1) is 13.8 Å². The number of aryl methyl sites for hydroxylation is 1. The number of hydrogen-bond donors (Lipinski definition) is 1. The molecule has 4 rings (SSSR count). The van der Waals surface area contributed by atoms with E-state index in [9.17, 15) is 18.0 Å². The Labute approximate surface area is 177 Å². The van der Waals surface area contributed by atoms with E-state index in [1.54, 1.807) is 19.1 Å². The number of nitrogens with two attached hydrogens (primary N) is 1. The Kier molecular flexibility index (Phi) is 5.38. The average Bonchev–Trinajstić information content (AvgIpc) is 3.03. The van der Waals surface area contributed by atoms with E-state index in [0.717, 1.165) is 11.8 Å². The summed E-state index contributed by atoms with van der Waals surface area (Å²) < 4.78 is 47.3. The van der Waals surface area contributed by atoms with Crippen molar-refractivity contribution in [1.29, 1.82) is 0 Å². The average molecular weight is 432 g/mol. The fraction of sp³-hybridized carbons (Fsp3) is 0.364. The topological polar surface area (TPSA) is 73.4 Å². The maximum Gasteiger partial charge on any atom is 0.416 e. The van der Waals surface area contributed by atoms with Crippen molar-refractivity contribution < 1.29 is 22.7 Å². The fourth-order valence-corrected chi connectivity index (χ4v) is 4.05. The van der Waals surface area contributed by atoms with Crippen LogP contribution in [-0.4, -0.2) is 41.8 Å². The summed E-state index contributed by atoms with van der Waals surface area (Å²) in [6.45, 7) is 5.93. The van der Waals surface area contributed by atoms with E-state index in [0.29, 0.717) is 54.3 Å². The van der Waals surface area contributed by atoms with Gasteiger partial charge in [-0.05, 0) is 43.2 Å². The number of anilines is 1. The lowest BCUT2D eigenvalue weighted by Crippen LogP contribution is -2.36. The predicted molar refractivity (Wildman–Crippen MR) is 111 cm³/mol. The van der Waals surface area contributed by atoms with Crippen LogP contribution in [-0.2, 0) is 17.5 Å². The van der Waals surface area contributed by atoms with Crippen LogP contribution in [0.5, 0.6) is 0 Å². The molecule has 1 saturated heterocycles. The molecule has 2 N–H and O–H groups in total. The lowest BCUT2D eigenvalue weighted by Gasteiger charge is -2.29. The first-order valence-corrected chi connectivity index (χ1v) is 9.96. The molecular weight excluding hydrogens is 409 g/mol. The third-order valence-corrected chi connectivity index (χ3v) is 5.75. The zero-order chi connectivity index (χ0) is 22.3. The number of ether oxygens (including phenoxy) is 1. The lowest BCUT2D eigenvalue weighted by molar-refractivity contribution is -0.138. The summed E-state index contributed by atoms with van der Waals surface area (Å²) in [6, 6.07) is 7.81. The molecule has 0 aliphatic carbocycles. The van der Waals surface area contributed by atoms with Gasteiger partial charge in [0.15, 0.2) is 0 Å². The zero-order valence-corrected chi connectivity index (χ0v) is 17.3. The molecule has 1 fully saturated rings. The lowest BCUT2D eigenvalue weighted by atomic mass is 10.0. The van der Waals surface area contributed by atoms with E-state index in [-0.39, 0.29) is 12.1 Å². The molecule has 2 heterocycles. The monoisotopic (exact) mass is 432 g/mol. The molecule has 0 saturated carbocycles. The van der Waals surface area contributed by atoms with Crippen LogP contribution in [0.2, 0.25) is 0 Å². The van der Waals surface area contributed by atoms with E-state index in [1.807, 2.05) is 10.6 Å². The molecule has 0 bridgehead atoms. The first kappa shape index (κ1) is 21.2. The first-order valence-electron chi connectivity index (χ1n) is 9.96. The van der Waals surface area contributed by atoms with Crippen molar-refractivity contribution in [3.8, 4) is 0 Å². The van der Waals surface area contributed by atoms with Crippen LogP contribution in [0.4, 0.5) is 18.9 Å². The second-order valence-corrected chi connectivity index (χ2v) is 7.66. The van der Waals surface area contributed by atoms with Crippen LogP contribution in [0.1, 0.15) is 32.9 Å². The van der Waals surface area contributed by atoms with Crippen LogP contribution in [0.25, 0.3) is 11.0 Å². The minimum atomic E-state index is -4.42. The Morgan fingerprint density at radius 2 is 1.90 bits per heavy atom. The number of alkyl halides is 3. The second-order valence-electron chi connectivity index (χ2n) is 7.66. The maximum absolute atomic E-state index is 13.4. The molecule has 9 heteroatoms. The number of primary amides is 1. The first-order chi connectivity index (χ1) is 14.7. The van der Waals surface area contributed by atoms with Gasteiger partial charge < -0.3 is 19.9 Å². The highest BCUT2D eigenvalue weighted by Crippen LogP contribution is 2.34. The van der Waals surface area contributed by atoms with E-state index >= 15 is 0 Å². The third kappa shape index (κ3) is 3.97. The van der Waals surface area contributed by atoms with Gasteiger partial charge in [0, 0.05) is 25.3 Å². The van der Waals surface area contributed by atoms with Gasteiger partial charge in [-0.25, -0.2) is 4.98 Å². The van der Waals surface area contributed by atoms with Crippen LogP contribution < -0.4 is 10.6 Å². The SMILES string of the molecule is Cc1c(Cn2c(C)nc3c(C(N)=O)cc(N4CCOCC4)cc32)cccc1C(F)(F)F. The number of imidazole rings is 1. The van der Waals surface area contributed by atoms with E-state index in [2.05, 4.69) is 9.88 Å². The van der Waals surface area contributed by atoms with Gasteiger partial charge in [0.25, 0.3) is 5.91 Å². The maximum atomic E-state index is 13.4. The van der Waals surface area contributed by atoms with Gasteiger partial charge in [-0.3, -0.25) is 4.79 Å². The van der Waals surface area contributed by atoms with Gasteiger partial charge in [-0.15, -0.1) is 0 Å². The summed E-state index contributed by atoms with van der Waals surface area (Å²) in [5, 5.41) is 0. The smallest absolute Gasteiger partial charge is 0.378 e. The van der Waals surface area contributed by atoms with Gasteiger partial charge in [-0.1, -0.05) is 12.1 Å². The standard InChI is InChI=1S/C22H23F3N4O2/c1-13-15(4-3-5-18(13)22(23,24)25)12-29-14(2)27-20-17(21(26)30)10-16(11-19(20)29)28-6-8-31-9-7-28/h3-5,10-11H,6-9,12H2,1-2H3,(H2,26,30). The van der Waals surface area contributed by atoms with Gasteiger partial charge in [-0.2, -0.15) is 13.2 Å².